The molecule has 0 radical (unpaired) electrons. The quantitative estimate of drug-likeness (QED) is 0.657. The summed E-state index contributed by atoms with van der Waals surface area (Å²) in [6.45, 7) is 0. The van der Waals surface area contributed by atoms with E-state index in [1.807, 2.05) is 12.1 Å². The van der Waals surface area contributed by atoms with Crippen molar-refractivity contribution in [3.8, 4) is 5.88 Å². The molecule has 0 fully saturated rings. The van der Waals surface area contributed by atoms with Crippen LogP contribution in [-0.4, -0.2) is 18.4 Å². The van der Waals surface area contributed by atoms with Gasteiger partial charge in [0, 0.05) is 12.5 Å². The van der Waals surface area contributed by atoms with Crippen LogP contribution in [0.25, 0.3) is 6.08 Å². The van der Waals surface area contributed by atoms with E-state index >= 15 is 0 Å². The molecular weight excluding hydrogens is 166 g/mol. The molecule has 13 heavy (non-hydrogen) atoms. The van der Waals surface area contributed by atoms with Crippen LogP contribution in [0.5, 0.6) is 5.88 Å². The van der Waals surface area contributed by atoms with E-state index in [0.717, 1.165) is 12.0 Å². The fraction of sp³-hybridized carbons (Fsp3) is 0.200. The summed E-state index contributed by atoms with van der Waals surface area (Å²) >= 11 is 0. The van der Waals surface area contributed by atoms with E-state index in [-0.39, 0.29) is 0 Å². The first-order valence-electron chi connectivity index (χ1n) is 3.98. The van der Waals surface area contributed by atoms with Gasteiger partial charge in [0.25, 0.3) is 0 Å². The van der Waals surface area contributed by atoms with Crippen LogP contribution in [0, 0.1) is 0 Å². The summed E-state index contributed by atoms with van der Waals surface area (Å²) in [5.74, 6) is 0.577. The number of aldehydes is 1. The summed E-state index contributed by atoms with van der Waals surface area (Å²) < 4.78 is 4.95. The zero-order valence-electron chi connectivity index (χ0n) is 7.43. The molecule has 0 aromatic carbocycles. The lowest BCUT2D eigenvalue weighted by Gasteiger charge is -1.98. The van der Waals surface area contributed by atoms with Crippen LogP contribution >= 0.6 is 0 Å². The Bertz CT molecular complexity index is 308. The smallest absolute Gasteiger partial charge is 0.213 e. The van der Waals surface area contributed by atoms with E-state index in [1.54, 1.807) is 25.3 Å². The molecule has 0 amide bonds. The molecule has 0 saturated carbocycles. The van der Waals surface area contributed by atoms with Crippen molar-refractivity contribution in [2.24, 2.45) is 0 Å². The maximum Gasteiger partial charge on any atom is 0.213 e. The third-order valence-electron chi connectivity index (χ3n) is 1.48. The van der Waals surface area contributed by atoms with Gasteiger partial charge in [-0.05, 0) is 12.1 Å². The van der Waals surface area contributed by atoms with Gasteiger partial charge in [-0.2, -0.15) is 0 Å². The highest BCUT2D eigenvalue weighted by Gasteiger charge is 1.91. The topological polar surface area (TPSA) is 39.2 Å². The number of ether oxygens (including phenoxy) is 1. The van der Waals surface area contributed by atoms with Crippen molar-refractivity contribution in [1.29, 1.82) is 0 Å². The lowest BCUT2D eigenvalue weighted by Crippen LogP contribution is -1.88. The predicted molar refractivity (Wildman–Crippen MR) is 50.5 cm³/mol. The average Bonchev–Trinajstić information content (AvgIpc) is 2.19. The number of aromatic nitrogens is 1. The van der Waals surface area contributed by atoms with Crippen molar-refractivity contribution in [3.63, 3.8) is 0 Å². The van der Waals surface area contributed by atoms with E-state index in [9.17, 15) is 4.79 Å². The van der Waals surface area contributed by atoms with Gasteiger partial charge in [-0.25, -0.2) is 4.98 Å². The number of hydrogen-bond acceptors (Lipinski definition) is 3. The van der Waals surface area contributed by atoms with Gasteiger partial charge in [0.15, 0.2) is 0 Å². The van der Waals surface area contributed by atoms with Gasteiger partial charge in [-0.15, -0.1) is 0 Å². The van der Waals surface area contributed by atoms with E-state index in [1.165, 1.54) is 0 Å². The highest BCUT2D eigenvalue weighted by molar-refractivity contribution is 5.56. The van der Waals surface area contributed by atoms with Crippen molar-refractivity contribution in [2.45, 2.75) is 6.42 Å². The Kier molecular flexibility index (Phi) is 3.70. The molecule has 0 aliphatic rings. The summed E-state index contributed by atoms with van der Waals surface area (Å²) in [6.07, 6.45) is 4.81. The number of rotatable bonds is 4. The van der Waals surface area contributed by atoms with Crippen molar-refractivity contribution >= 4 is 12.4 Å². The summed E-state index contributed by atoms with van der Waals surface area (Å²) in [5.41, 5.74) is 0.793. The number of allylic oxidation sites excluding steroid dienone is 1. The molecule has 0 N–H and O–H groups in total. The maximum absolute atomic E-state index is 10.0. The second kappa shape index (κ2) is 5.09. The minimum Gasteiger partial charge on any atom is -0.481 e. The molecule has 1 aromatic heterocycles. The van der Waals surface area contributed by atoms with E-state index in [2.05, 4.69) is 4.98 Å². The third-order valence-corrected chi connectivity index (χ3v) is 1.48. The lowest BCUT2D eigenvalue weighted by molar-refractivity contribution is -0.107. The Morgan fingerprint density at radius 2 is 2.38 bits per heavy atom. The minimum atomic E-state index is 0.416. The van der Waals surface area contributed by atoms with Crippen molar-refractivity contribution in [2.75, 3.05) is 7.11 Å². The molecule has 0 aliphatic carbocycles. The Labute approximate surface area is 77.1 Å². The number of carbonyl (C=O) groups is 1. The molecule has 1 heterocycles. The van der Waals surface area contributed by atoms with Gasteiger partial charge in [-0.1, -0.05) is 12.1 Å². The summed E-state index contributed by atoms with van der Waals surface area (Å²) in [5, 5.41) is 0. The largest absolute Gasteiger partial charge is 0.481 e. The van der Waals surface area contributed by atoms with E-state index in [4.69, 9.17) is 4.74 Å². The van der Waals surface area contributed by atoms with Crippen LogP contribution in [0.3, 0.4) is 0 Å². The molecule has 0 bridgehead atoms. The highest BCUT2D eigenvalue weighted by atomic mass is 16.5. The SMILES string of the molecule is COc1cccc(C=CCC=O)n1. The Balaban J connectivity index is 2.71. The van der Waals surface area contributed by atoms with E-state index in [0.29, 0.717) is 12.3 Å². The molecule has 0 aliphatic heterocycles. The molecule has 3 heteroatoms. The summed E-state index contributed by atoms with van der Waals surface area (Å²) in [7, 11) is 1.57. The highest BCUT2D eigenvalue weighted by Crippen LogP contribution is 2.07. The third kappa shape index (κ3) is 3.07. The molecule has 3 nitrogen and oxygen atoms in total. The minimum absolute atomic E-state index is 0.416. The molecule has 68 valence electrons. The van der Waals surface area contributed by atoms with Crippen molar-refractivity contribution < 1.29 is 9.53 Å². The van der Waals surface area contributed by atoms with Crippen LogP contribution in [0.4, 0.5) is 0 Å². The van der Waals surface area contributed by atoms with Crippen LogP contribution in [0.1, 0.15) is 12.1 Å². The maximum atomic E-state index is 10.0. The lowest BCUT2D eigenvalue weighted by atomic mass is 10.3. The number of methoxy groups -OCH3 is 1. The first-order chi connectivity index (χ1) is 6.36. The standard InChI is InChI=1S/C10H11NO2/c1-13-10-7-4-6-9(11-10)5-2-3-8-12/h2,4-8H,3H2,1H3. The Hall–Kier alpha value is -1.64. The van der Waals surface area contributed by atoms with E-state index < -0.39 is 0 Å². The molecule has 0 atom stereocenters. The van der Waals surface area contributed by atoms with Gasteiger partial charge < -0.3 is 9.53 Å². The molecule has 1 aromatic rings. The monoisotopic (exact) mass is 177 g/mol. The second-order valence-corrected chi connectivity index (χ2v) is 2.41. The Morgan fingerprint density at radius 1 is 1.54 bits per heavy atom. The summed E-state index contributed by atoms with van der Waals surface area (Å²) in [6, 6.07) is 5.48. The zero-order valence-corrected chi connectivity index (χ0v) is 7.43. The summed E-state index contributed by atoms with van der Waals surface area (Å²) in [4.78, 5) is 14.2. The molecule has 0 spiro atoms. The van der Waals surface area contributed by atoms with Gasteiger partial charge >= 0.3 is 0 Å². The number of hydrogen-bond donors (Lipinski definition) is 0. The first kappa shape index (κ1) is 9.45. The predicted octanol–water partition coefficient (Wildman–Crippen LogP) is 1.69. The van der Waals surface area contributed by atoms with Crippen LogP contribution in [-0.2, 0) is 4.79 Å². The zero-order chi connectivity index (χ0) is 9.52. The number of nitrogens with zero attached hydrogens (tertiary/aromatic N) is 1. The normalized spacial score (nSPS) is 10.2. The van der Waals surface area contributed by atoms with Crippen LogP contribution in [0.15, 0.2) is 24.3 Å². The Morgan fingerprint density at radius 3 is 3.08 bits per heavy atom. The average molecular weight is 177 g/mol. The van der Waals surface area contributed by atoms with Gasteiger partial charge in [0.1, 0.15) is 6.29 Å². The van der Waals surface area contributed by atoms with Gasteiger partial charge in [-0.3, -0.25) is 0 Å². The fourth-order valence-corrected chi connectivity index (χ4v) is 0.882. The number of carbonyl (C=O) groups excluding carboxylic acids is 1. The van der Waals surface area contributed by atoms with Gasteiger partial charge in [0.05, 0.1) is 12.8 Å². The molecule has 1 rings (SSSR count). The second-order valence-electron chi connectivity index (χ2n) is 2.41. The van der Waals surface area contributed by atoms with Crippen molar-refractivity contribution in [3.05, 3.63) is 30.0 Å². The fourth-order valence-electron chi connectivity index (χ4n) is 0.882. The van der Waals surface area contributed by atoms with Crippen LogP contribution in [0.2, 0.25) is 0 Å². The first-order valence-corrected chi connectivity index (χ1v) is 3.98. The van der Waals surface area contributed by atoms with Gasteiger partial charge in [0.2, 0.25) is 5.88 Å². The van der Waals surface area contributed by atoms with Crippen molar-refractivity contribution in [1.82, 2.24) is 4.98 Å². The van der Waals surface area contributed by atoms with Crippen LogP contribution < -0.4 is 4.74 Å². The molecule has 0 saturated heterocycles. The molecular formula is C10H11NO2. The molecule has 0 unspecified atom stereocenters. The number of pyridine rings is 1.